The molecule has 0 spiro atoms. The van der Waals surface area contributed by atoms with Crippen LogP contribution in [0.5, 0.6) is 5.88 Å². The van der Waals surface area contributed by atoms with Crippen molar-refractivity contribution in [2.75, 3.05) is 18.8 Å². The Morgan fingerprint density at radius 1 is 1.34 bits per heavy atom. The normalized spacial score (nSPS) is 22.6. The first-order valence-corrected chi connectivity index (χ1v) is 11.2. The van der Waals surface area contributed by atoms with Gasteiger partial charge >= 0.3 is 0 Å². The lowest BCUT2D eigenvalue weighted by Gasteiger charge is -2.20. The summed E-state index contributed by atoms with van der Waals surface area (Å²) in [5, 5.41) is 0.779. The second kappa shape index (κ2) is 7.48. The van der Waals surface area contributed by atoms with Gasteiger partial charge in [0.15, 0.2) is 5.16 Å². The average Bonchev–Trinajstić information content (AvgIpc) is 3.44. The lowest BCUT2D eigenvalue weighted by atomic mass is 10.2. The van der Waals surface area contributed by atoms with E-state index in [9.17, 15) is 9.59 Å². The fourth-order valence-corrected chi connectivity index (χ4v) is 5.53. The smallest absolute Gasteiger partial charge is 0.257 e. The van der Waals surface area contributed by atoms with Gasteiger partial charge in [-0.3, -0.25) is 14.2 Å². The maximum atomic E-state index is 12.9. The molecule has 8 heteroatoms. The number of carbonyl (C=O) groups excluding carboxylic acids is 1. The molecule has 1 aliphatic carbocycles. The number of rotatable bonds is 4. The predicted molar refractivity (Wildman–Crippen MR) is 109 cm³/mol. The topological polar surface area (TPSA) is 77.3 Å². The summed E-state index contributed by atoms with van der Waals surface area (Å²) in [5.41, 5.74) is 2.97. The molecule has 1 amide bonds. The minimum atomic E-state index is -0.105. The molecule has 2 aliphatic heterocycles. The molecule has 5 rings (SSSR count). The van der Waals surface area contributed by atoms with Crippen LogP contribution in [0.1, 0.15) is 42.1 Å². The fourth-order valence-electron chi connectivity index (χ4n) is 4.38. The highest BCUT2D eigenvalue weighted by Gasteiger charge is 2.34. The van der Waals surface area contributed by atoms with Gasteiger partial charge in [0.05, 0.1) is 18.3 Å². The number of pyridine rings is 1. The van der Waals surface area contributed by atoms with E-state index >= 15 is 0 Å². The molecule has 2 aromatic rings. The molecule has 0 N–H and O–H groups in total. The van der Waals surface area contributed by atoms with Gasteiger partial charge in [-0.05, 0) is 31.7 Å². The molecule has 0 radical (unpaired) electrons. The summed E-state index contributed by atoms with van der Waals surface area (Å²) in [6, 6.07) is 3.73. The van der Waals surface area contributed by atoms with Crippen LogP contribution in [-0.2, 0) is 17.6 Å². The molecule has 152 valence electrons. The largest absolute Gasteiger partial charge is 0.472 e. The van der Waals surface area contributed by atoms with Gasteiger partial charge in [-0.1, -0.05) is 17.8 Å². The zero-order valence-electron chi connectivity index (χ0n) is 16.5. The minimum absolute atomic E-state index is 0.0351. The number of aromatic nitrogens is 3. The minimum Gasteiger partial charge on any atom is -0.472 e. The number of likely N-dealkylation sites (tertiary alicyclic amines) is 1. The van der Waals surface area contributed by atoms with Crippen LogP contribution in [0.25, 0.3) is 0 Å². The van der Waals surface area contributed by atoms with Gasteiger partial charge in [0, 0.05) is 43.0 Å². The highest BCUT2D eigenvalue weighted by molar-refractivity contribution is 7.99. The van der Waals surface area contributed by atoms with Crippen molar-refractivity contribution in [1.82, 2.24) is 19.4 Å². The zero-order valence-corrected chi connectivity index (χ0v) is 17.3. The molecule has 2 aromatic heterocycles. The number of fused-ring (bicyclic) bond motifs is 2. The monoisotopic (exact) mass is 412 g/mol. The van der Waals surface area contributed by atoms with Gasteiger partial charge in [-0.15, -0.1) is 0 Å². The van der Waals surface area contributed by atoms with E-state index in [-0.39, 0.29) is 23.6 Å². The number of thioether (sulfide) groups is 1. The zero-order chi connectivity index (χ0) is 20.0. The van der Waals surface area contributed by atoms with E-state index in [0.29, 0.717) is 25.4 Å². The summed E-state index contributed by atoms with van der Waals surface area (Å²) in [7, 11) is 0. The third-order valence-electron chi connectivity index (χ3n) is 5.95. The van der Waals surface area contributed by atoms with Crippen molar-refractivity contribution >= 4 is 17.7 Å². The lowest BCUT2D eigenvalue weighted by molar-refractivity contribution is -0.131. The summed E-state index contributed by atoms with van der Waals surface area (Å²) < 4.78 is 7.70. The van der Waals surface area contributed by atoms with Crippen LogP contribution < -0.4 is 10.3 Å². The summed E-state index contributed by atoms with van der Waals surface area (Å²) in [6.07, 6.45) is 5.60. The Morgan fingerprint density at radius 2 is 2.24 bits per heavy atom. The highest BCUT2D eigenvalue weighted by atomic mass is 32.2. The van der Waals surface area contributed by atoms with Crippen molar-refractivity contribution in [3.8, 4) is 5.88 Å². The van der Waals surface area contributed by atoms with E-state index in [1.165, 1.54) is 0 Å². The van der Waals surface area contributed by atoms with Crippen LogP contribution in [0.3, 0.4) is 0 Å². The van der Waals surface area contributed by atoms with Crippen LogP contribution in [0, 0.1) is 6.92 Å². The molecule has 1 saturated heterocycles. The number of hydrogen-bond acceptors (Lipinski definition) is 6. The quantitative estimate of drug-likeness (QED) is 0.716. The Bertz CT molecular complexity index is 1000. The van der Waals surface area contributed by atoms with Crippen molar-refractivity contribution in [2.45, 2.75) is 56.3 Å². The van der Waals surface area contributed by atoms with E-state index < -0.39 is 0 Å². The van der Waals surface area contributed by atoms with Crippen molar-refractivity contribution in [2.24, 2.45) is 0 Å². The molecule has 2 unspecified atom stereocenters. The Kier molecular flexibility index (Phi) is 4.81. The molecule has 0 saturated carbocycles. The summed E-state index contributed by atoms with van der Waals surface area (Å²) in [5.74, 6) is 1.42. The van der Waals surface area contributed by atoms with E-state index in [1.54, 1.807) is 22.5 Å². The number of aryl methyl sites for hydroxylation is 2. The molecule has 0 aromatic carbocycles. The van der Waals surface area contributed by atoms with E-state index in [2.05, 4.69) is 9.97 Å². The molecule has 3 aliphatic rings. The van der Waals surface area contributed by atoms with Gasteiger partial charge < -0.3 is 9.64 Å². The van der Waals surface area contributed by atoms with Crippen LogP contribution in [0.15, 0.2) is 28.3 Å². The number of hydrogen-bond donors (Lipinski definition) is 0. The van der Waals surface area contributed by atoms with Crippen molar-refractivity contribution < 1.29 is 9.53 Å². The third-order valence-corrected chi connectivity index (χ3v) is 7.05. The maximum absolute atomic E-state index is 12.9. The number of amides is 1. The van der Waals surface area contributed by atoms with E-state index in [0.717, 1.165) is 53.4 Å². The molecule has 2 atom stereocenters. The molecule has 7 nitrogen and oxygen atoms in total. The molecule has 0 bridgehead atoms. The first-order valence-electron chi connectivity index (χ1n) is 10.2. The van der Waals surface area contributed by atoms with Crippen molar-refractivity contribution in [3.05, 3.63) is 45.5 Å². The molecule has 29 heavy (non-hydrogen) atoms. The van der Waals surface area contributed by atoms with Gasteiger partial charge in [0.1, 0.15) is 6.10 Å². The Morgan fingerprint density at radius 3 is 3.07 bits per heavy atom. The standard InChI is InChI=1S/C21H24N4O3S/c1-13-5-6-18(22-10-13)28-15-7-8-24(11-15)19(26)9-14-12-29-21-23-17-4-2-3-16(17)20(27)25(14)21/h5-6,10,14-15H,2-4,7-9,11-12H2,1H3. The average molecular weight is 413 g/mol. The number of nitrogens with zero attached hydrogens (tertiary/aromatic N) is 4. The highest BCUT2D eigenvalue weighted by Crippen LogP contribution is 2.34. The lowest BCUT2D eigenvalue weighted by Crippen LogP contribution is -2.35. The second-order valence-electron chi connectivity index (χ2n) is 8.06. The fraction of sp³-hybridized carbons (Fsp3) is 0.524. The SMILES string of the molecule is Cc1ccc(OC2CCN(C(=O)CC3CSc4nc5c(c(=O)n43)CCC5)C2)nc1. The second-order valence-corrected chi connectivity index (χ2v) is 9.05. The van der Waals surface area contributed by atoms with Gasteiger partial charge in [-0.25, -0.2) is 9.97 Å². The first-order chi connectivity index (χ1) is 14.1. The molecular weight excluding hydrogens is 388 g/mol. The van der Waals surface area contributed by atoms with E-state index in [1.807, 2.05) is 24.0 Å². The van der Waals surface area contributed by atoms with Crippen molar-refractivity contribution in [3.63, 3.8) is 0 Å². The first kappa shape index (κ1) is 18.7. The number of ether oxygens (including phenoxy) is 1. The van der Waals surface area contributed by atoms with Crippen LogP contribution in [0.4, 0.5) is 0 Å². The van der Waals surface area contributed by atoms with Crippen molar-refractivity contribution in [1.29, 1.82) is 0 Å². The van der Waals surface area contributed by atoms with E-state index in [4.69, 9.17) is 4.74 Å². The molecule has 4 heterocycles. The van der Waals surface area contributed by atoms with Gasteiger partial charge in [-0.2, -0.15) is 0 Å². The van der Waals surface area contributed by atoms with Gasteiger partial charge in [0.2, 0.25) is 11.8 Å². The molecular formula is C21H24N4O3S. The van der Waals surface area contributed by atoms with Crippen LogP contribution >= 0.6 is 11.8 Å². The number of carbonyl (C=O) groups is 1. The Hall–Kier alpha value is -2.35. The Labute approximate surface area is 173 Å². The Balaban J connectivity index is 1.24. The van der Waals surface area contributed by atoms with Gasteiger partial charge in [0.25, 0.3) is 5.56 Å². The predicted octanol–water partition coefficient (Wildman–Crippen LogP) is 2.15. The third kappa shape index (κ3) is 3.54. The van der Waals surface area contributed by atoms with Crippen LogP contribution in [0.2, 0.25) is 0 Å². The summed E-state index contributed by atoms with van der Waals surface area (Å²) in [6.45, 7) is 3.24. The summed E-state index contributed by atoms with van der Waals surface area (Å²) >= 11 is 1.59. The van der Waals surface area contributed by atoms with Crippen LogP contribution in [-0.4, -0.2) is 50.3 Å². The summed E-state index contributed by atoms with van der Waals surface area (Å²) in [4.78, 5) is 36.6. The maximum Gasteiger partial charge on any atom is 0.257 e. The molecule has 1 fully saturated rings.